The molecule has 1 fully saturated rings. The molecule has 0 spiro atoms. The molecule has 3 N–H and O–H groups in total. The normalized spacial score (nSPS) is 16.3. The standard InChI is InChI=1S/C18H22N2O4.ClH/c1-12-2-3-13(17(6-12)24-15-4-5-22-11-15)9-20-18(21)14-7-16(8-19)23-10-14;/h2-3,6-7,10,15H,4-5,8-9,11,19H2,1H3,(H,20,21);1H. The second-order valence-electron chi connectivity index (χ2n) is 5.90. The highest BCUT2D eigenvalue weighted by molar-refractivity contribution is 5.93. The zero-order chi connectivity index (χ0) is 16.9. The Balaban J connectivity index is 0.00000225. The molecule has 2 aromatic rings. The summed E-state index contributed by atoms with van der Waals surface area (Å²) >= 11 is 0. The number of benzene rings is 1. The van der Waals surface area contributed by atoms with Crippen molar-refractivity contribution < 1.29 is 18.7 Å². The zero-order valence-electron chi connectivity index (χ0n) is 14.1. The van der Waals surface area contributed by atoms with Crippen LogP contribution in [-0.2, 0) is 17.8 Å². The van der Waals surface area contributed by atoms with Gasteiger partial charge in [0, 0.05) is 18.5 Å². The Bertz CT molecular complexity index is 711. The van der Waals surface area contributed by atoms with Crippen molar-refractivity contribution in [2.24, 2.45) is 5.73 Å². The first-order valence-electron chi connectivity index (χ1n) is 8.05. The topological polar surface area (TPSA) is 86.7 Å². The molecule has 0 saturated carbocycles. The van der Waals surface area contributed by atoms with Crippen molar-refractivity contribution in [3.63, 3.8) is 0 Å². The molecule has 0 radical (unpaired) electrons. The van der Waals surface area contributed by atoms with Crippen LogP contribution < -0.4 is 15.8 Å². The average molecular weight is 367 g/mol. The molecular formula is C18H23ClN2O4. The van der Waals surface area contributed by atoms with Crippen LogP contribution in [0.1, 0.15) is 33.7 Å². The van der Waals surface area contributed by atoms with Gasteiger partial charge in [-0.1, -0.05) is 12.1 Å². The second kappa shape index (κ2) is 8.89. The van der Waals surface area contributed by atoms with E-state index < -0.39 is 0 Å². The maximum Gasteiger partial charge on any atom is 0.254 e. The average Bonchev–Trinajstić information content (AvgIpc) is 3.25. The first-order valence-corrected chi connectivity index (χ1v) is 8.05. The lowest BCUT2D eigenvalue weighted by molar-refractivity contribution is 0.0949. The van der Waals surface area contributed by atoms with Crippen molar-refractivity contribution in [1.82, 2.24) is 5.32 Å². The van der Waals surface area contributed by atoms with Crippen LogP contribution in [0.4, 0.5) is 0 Å². The van der Waals surface area contributed by atoms with Gasteiger partial charge in [0.15, 0.2) is 0 Å². The molecule has 1 aliphatic rings. The van der Waals surface area contributed by atoms with Crippen LogP contribution in [0.3, 0.4) is 0 Å². The number of hydrogen-bond acceptors (Lipinski definition) is 5. The Hall–Kier alpha value is -2.02. The molecule has 3 rings (SSSR count). The summed E-state index contributed by atoms with van der Waals surface area (Å²) in [6, 6.07) is 7.62. The molecule has 7 heteroatoms. The monoisotopic (exact) mass is 366 g/mol. The van der Waals surface area contributed by atoms with Crippen molar-refractivity contribution in [3.05, 3.63) is 53.0 Å². The number of ether oxygens (including phenoxy) is 2. The molecule has 1 saturated heterocycles. The Morgan fingerprint density at radius 2 is 2.24 bits per heavy atom. The highest BCUT2D eigenvalue weighted by Crippen LogP contribution is 2.24. The van der Waals surface area contributed by atoms with E-state index in [4.69, 9.17) is 19.6 Å². The second-order valence-corrected chi connectivity index (χ2v) is 5.90. The van der Waals surface area contributed by atoms with Crippen LogP contribution in [0.5, 0.6) is 5.75 Å². The van der Waals surface area contributed by atoms with E-state index in [1.165, 1.54) is 6.26 Å². The van der Waals surface area contributed by atoms with Gasteiger partial charge in [0.05, 0.1) is 25.3 Å². The summed E-state index contributed by atoms with van der Waals surface area (Å²) in [6.07, 6.45) is 2.37. The fourth-order valence-corrected chi connectivity index (χ4v) is 2.59. The van der Waals surface area contributed by atoms with Crippen LogP contribution in [0.15, 0.2) is 34.9 Å². The number of aryl methyl sites for hydroxylation is 1. The van der Waals surface area contributed by atoms with Gasteiger partial charge in [0.1, 0.15) is 23.9 Å². The summed E-state index contributed by atoms with van der Waals surface area (Å²) < 4.78 is 16.6. The number of hydrogen-bond donors (Lipinski definition) is 2. The smallest absolute Gasteiger partial charge is 0.254 e. The molecule has 1 aromatic heterocycles. The molecule has 1 atom stereocenters. The number of nitrogens with one attached hydrogen (secondary N) is 1. The highest BCUT2D eigenvalue weighted by atomic mass is 35.5. The van der Waals surface area contributed by atoms with Gasteiger partial charge in [0.25, 0.3) is 5.91 Å². The highest BCUT2D eigenvalue weighted by Gasteiger charge is 2.19. The lowest BCUT2D eigenvalue weighted by Crippen LogP contribution is -2.23. The third-order valence-electron chi connectivity index (χ3n) is 3.96. The Labute approximate surface area is 153 Å². The number of carbonyl (C=O) groups is 1. The van der Waals surface area contributed by atoms with Crippen molar-refractivity contribution in [2.75, 3.05) is 13.2 Å². The largest absolute Gasteiger partial charge is 0.488 e. The Kier molecular flexibility index (Phi) is 6.87. The van der Waals surface area contributed by atoms with Gasteiger partial charge in [-0.05, 0) is 24.6 Å². The summed E-state index contributed by atoms with van der Waals surface area (Å²) in [4.78, 5) is 12.2. The van der Waals surface area contributed by atoms with Crippen molar-refractivity contribution >= 4 is 18.3 Å². The molecule has 1 unspecified atom stereocenters. The first-order chi connectivity index (χ1) is 11.7. The van der Waals surface area contributed by atoms with Gasteiger partial charge in [-0.3, -0.25) is 4.79 Å². The van der Waals surface area contributed by atoms with E-state index in [0.29, 0.717) is 24.5 Å². The maximum absolute atomic E-state index is 12.2. The predicted octanol–water partition coefficient (Wildman–Crippen LogP) is 2.57. The third-order valence-corrected chi connectivity index (χ3v) is 3.96. The van der Waals surface area contributed by atoms with Gasteiger partial charge in [-0.25, -0.2) is 0 Å². The number of nitrogens with two attached hydrogens (primary N) is 1. The van der Waals surface area contributed by atoms with E-state index >= 15 is 0 Å². The molecule has 6 nitrogen and oxygen atoms in total. The summed E-state index contributed by atoms with van der Waals surface area (Å²) in [6.45, 7) is 4.00. The summed E-state index contributed by atoms with van der Waals surface area (Å²) in [5, 5.41) is 2.89. The van der Waals surface area contributed by atoms with E-state index in [-0.39, 0.29) is 31.0 Å². The quantitative estimate of drug-likeness (QED) is 0.820. The molecule has 2 heterocycles. The molecule has 0 bridgehead atoms. The lowest BCUT2D eigenvalue weighted by atomic mass is 10.1. The predicted molar refractivity (Wildman–Crippen MR) is 96.0 cm³/mol. The molecule has 0 aliphatic carbocycles. The van der Waals surface area contributed by atoms with Crippen molar-refractivity contribution in [2.45, 2.75) is 32.5 Å². The van der Waals surface area contributed by atoms with Crippen molar-refractivity contribution in [3.8, 4) is 5.75 Å². The summed E-state index contributed by atoms with van der Waals surface area (Å²) in [5.41, 5.74) is 8.00. The zero-order valence-corrected chi connectivity index (χ0v) is 14.9. The van der Waals surface area contributed by atoms with Crippen LogP contribution >= 0.6 is 12.4 Å². The number of furan rings is 1. The van der Waals surface area contributed by atoms with E-state index in [1.807, 2.05) is 25.1 Å². The number of rotatable bonds is 6. The van der Waals surface area contributed by atoms with Crippen LogP contribution in [0, 0.1) is 6.92 Å². The Morgan fingerprint density at radius 1 is 1.40 bits per heavy atom. The molecular weight excluding hydrogens is 344 g/mol. The van der Waals surface area contributed by atoms with Crippen LogP contribution in [-0.4, -0.2) is 25.2 Å². The number of amides is 1. The molecule has 136 valence electrons. The SMILES string of the molecule is Cc1ccc(CNC(=O)c2coc(CN)c2)c(OC2CCOC2)c1.Cl. The van der Waals surface area contributed by atoms with Crippen molar-refractivity contribution in [1.29, 1.82) is 0 Å². The fraction of sp³-hybridized carbons (Fsp3) is 0.389. The summed E-state index contributed by atoms with van der Waals surface area (Å²) in [5.74, 6) is 1.18. The Morgan fingerprint density at radius 3 is 2.92 bits per heavy atom. The molecule has 1 amide bonds. The molecule has 1 aromatic carbocycles. The van der Waals surface area contributed by atoms with E-state index in [0.717, 1.165) is 29.9 Å². The van der Waals surface area contributed by atoms with Gasteiger partial charge in [-0.15, -0.1) is 12.4 Å². The fourth-order valence-electron chi connectivity index (χ4n) is 2.59. The maximum atomic E-state index is 12.2. The van der Waals surface area contributed by atoms with E-state index in [1.54, 1.807) is 6.07 Å². The minimum absolute atomic E-state index is 0. The minimum atomic E-state index is -0.200. The summed E-state index contributed by atoms with van der Waals surface area (Å²) in [7, 11) is 0. The van der Waals surface area contributed by atoms with Gasteiger partial charge in [0.2, 0.25) is 0 Å². The number of halogens is 1. The minimum Gasteiger partial charge on any atom is -0.488 e. The van der Waals surface area contributed by atoms with Crippen LogP contribution in [0.2, 0.25) is 0 Å². The van der Waals surface area contributed by atoms with Crippen LogP contribution in [0.25, 0.3) is 0 Å². The van der Waals surface area contributed by atoms with Gasteiger partial charge in [-0.2, -0.15) is 0 Å². The lowest BCUT2D eigenvalue weighted by Gasteiger charge is -2.16. The molecule has 25 heavy (non-hydrogen) atoms. The number of carbonyl (C=O) groups excluding carboxylic acids is 1. The van der Waals surface area contributed by atoms with E-state index in [2.05, 4.69) is 5.32 Å². The first kappa shape index (κ1) is 19.3. The molecule has 1 aliphatic heterocycles. The third kappa shape index (κ3) is 4.98. The van der Waals surface area contributed by atoms with Gasteiger partial charge >= 0.3 is 0 Å². The van der Waals surface area contributed by atoms with E-state index in [9.17, 15) is 4.79 Å². The van der Waals surface area contributed by atoms with Gasteiger partial charge < -0.3 is 24.9 Å².